The normalized spacial score (nSPS) is 11.6. The minimum absolute atomic E-state index is 0.190. The molecule has 1 aromatic heterocycles. The van der Waals surface area contributed by atoms with Crippen molar-refractivity contribution in [3.05, 3.63) is 54.9 Å². The van der Waals surface area contributed by atoms with Crippen molar-refractivity contribution in [2.24, 2.45) is 0 Å². The number of para-hydroxylation sites is 1. The average Bonchev–Trinajstić information content (AvgIpc) is 2.41. The predicted molar refractivity (Wildman–Crippen MR) is 69.4 cm³/mol. The number of carbonyl (C=O) groups excluding carboxylic acids is 1. The Morgan fingerprint density at radius 2 is 1.83 bits per heavy atom. The van der Waals surface area contributed by atoms with Gasteiger partial charge in [-0.15, -0.1) is 0 Å². The highest BCUT2D eigenvalue weighted by Crippen LogP contribution is 2.12. The fraction of sp³-hybridized carbons (Fsp3) is 0.143. The second kappa shape index (κ2) is 5.82. The van der Waals surface area contributed by atoms with Crippen LogP contribution in [0.1, 0.15) is 6.92 Å². The number of anilines is 1. The van der Waals surface area contributed by atoms with Gasteiger partial charge in [-0.3, -0.25) is 9.78 Å². The van der Waals surface area contributed by atoms with Gasteiger partial charge in [0, 0.05) is 18.1 Å². The van der Waals surface area contributed by atoms with Crippen molar-refractivity contribution >= 4 is 11.6 Å². The summed E-state index contributed by atoms with van der Waals surface area (Å²) in [5.74, 6) is 0.486. The number of nitrogens with zero attached hydrogens (tertiary/aromatic N) is 1. The van der Waals surface area contributed by atoms with Crippen LogP contribution in [0.2, 0.25) is 0 Å². The van der Waals surface area contributed by atoms with Crippen LogP contribution in [0.25, 0.3) is 0 Å². The maximum Gasteiger partial charge on any atom is 0.265 e. The molecule has 0 radical (unpaired) electrons. The molecule has 92 valence electrons. The van der Waals surface area contributed by atoms with Crippen molar-refractivity contribution in [2.45, 2.75) is 13.0 Å². The summed E-state index contributed by atoms with van der Waals surface area (Å²) >= 11 is 0. The maximum absolute atomic E-state index is 11.9. The molecule has 18 heavy (non-hydrogen) atoms. The van der Waals surface area contributed by atoms with E-state index in [2.05, 4.69) is 10.3 Å². The topological polar surface area (TPSA) is 51.2 Å². The van der Waals surface area contributed by atoms with Crippen LogP contribution in [0.3, 0.4) is 0 Å². The Morgan fingerprint density at radius 3 is 2.50 bits per heavy atom. The Kier molecular flexibility index (Phi) is 3.91. The molecule has 1 heterocycles. The number of hydrogen-bond donors (Lipinski definition) is 1. The Balaban J connectivity index is 1.93. The smallest absolute Gasteiger partial charge is 0.265 e. The number of amides is 1. The Labute approximate surface area is 106 Å². The van der Waals surface area contributed by atoms with Gasteiger partial charge in [0.15, 0.2) is 6.10 Å². The van der Waals surface area contributed by atoms with Crippen LogP contribution < -0.4 is 10.1 Å². The van der Waals surface area contributed by atoms with Crippen molar-refractivity contribution in [3.8, 4) is 5.75 Å². The summed E-state index contributed by atoms with van der Waals surface area (Å²) in [5, 5.41) is 2.76. The number of pyridine rings is 1. The molecule has 0 saturated carbocycles. The molecule has 0 saturated heterocycles. The third kappa shape index (κ3) is 3.31. The van der Waals surface area contributed by atoms with E-state index in [1.54, 1.807) is 31.5 Å². The van der Waals surface area contributed by atoms with E-state index >= 15 is 0 Å². The van der Waals surface area contributed by atoms with Gasteiger partial charge >= 0.3 is 0 Å². The van der Waals surface area contributed by atoms with Crippen molar-refractivity contribution in [1.29, 1.82) is 0 Å². The maximum atomic E-state index is 11.9. The van der Waals surface area contributed by atoms with E-state index < -0.39 is 6.10 Å². The Bertz CT molecular complexity index is 500. The van der Waals surface area contributed by atoms with Gasteiger partial charge < -0.3 is 10.1 Å². The van der Waals surface area contributed by atoms with Gasteiger partial charge in [0.25, 0.3) is 5.91 Å². The molecule has 1 unspecified atom stereocenters. The van der Waals surface area contributed by atoms with Crippen LogP contribution in [0, 0.1) is 0 Å². The lowest BCUT2D eigenvalue weighted by Gasteiger charge is -2.14. The summed E-state index contributed by atoms with van der Waals surface area (Å²) in [6.07, 6.45) is 2.69. The molecule has 0 aliphatic rings. The fourth-order valence-corrected chi connectivity index (χ4v) is 1.44. The summed E-state index contributed by atoms with van der Waals surface area (Å²) < 4.78 is 5.52. The van der Waals surface area contributed by atoms with Crippen LogP contribution in [0.15, 0.2) is 54.9 Å². The Hall–Kier alpha value is -2.36. The van der Waals surface area contributed by atoms with Crippen molar-refractivity contribution in [2.75, 3.05) is 5.32 Å². The molecule has 0 bridgehead atoms. The number of ether oxygens (including phenoxy) is 1. The first kappa shape index (κ1) is 12.1. The van der Waals surface area contributed by atoms with E-state index in [1.165, 1.54) is 0 Å². The lowest BCUT2D eigenvalue weighted by molar-refractivity contribution is -0.122. The van der Waals surface area contributed by atoms with Crippen molar-refractivity contribution in [1.82, 2.24) is 4.98 Å². The summed E-state index contributed by atoms with van der Waals surface area (Å²) in [6, 6.07) is 12.7. The van der Waals surface area contributed by atoms with Crippen molar-refractivity contribution in [3.63, 3.8) is 0 Å². The standard InChI is InChI=1S/C14H14N2O2/c1-11(18-13-5-3-2-4-6-13)14(17)16-12-7-9-15-10-8-12/h2-11H,1H3,(H,15,16,17). The fourth-order valence-electron chi connectivity index (χ4n) is 1.44. The van der Waals surface area contributed by atoms with Gasteiger partial charge in [0.1, 0.15) is 5.75 Å². The molecule has 1 amide bonds. The zero-order chi connectivity index (χ0) is 12.8. The molecule has 1 atom stereocenters. The number of aromatic nitrogens is 1. The first-order valence-electron chi connectivity index (χ1n) is 5.68. The van der Waals surface area contributed by atoms with Gasteiger partial charge in [0.05, 0.1) is 0 Å². The van der Waals surface area contributed by atoms with E-state index in [1.807, 2.05) is 30.3 Å². The van der Waals surface area contributed by atoms with E-state index in [0.717, 1.165) is 0 Å². The molecule has 4 heteroatoms. The number of benzene rings is 1. The first-order chi connectivity index (χ1) is 8.75. The number of nitrogens with one attached hydrogen (secondary N) is 1. The summed E-state index contributed by atoms with van der Waals surface area (Å²) in [6.45, 7) is 1.71. The molecule has 0 aliphatic heterocycles. The molecule has 4 nitrogen and oxygen atoms in total. The molecule has 2 aromatic rings. The molecule has 0 aliphatic carbocycles. The van der Waals surface area contributed by atoms with E-state index in [0.29, 0.717) is 11.4 Å². The molecule has 0 spiro atoms. The van der Waals surface area contributed by atoms with Gasteiger partial charge in [0.2, 0.25) is 0 Å². The zero-order valence-corrected chi connectivity index (χ0v) is 10.0. The van der Waals surface area contributed by atoms with Gasteiger partial charge in [-0.05, 0) is 31.2 Å². The van der Waals surface area contributed by atoms with Crippen LogP contribution >= 0.6 is 0 Å². The average molecular weight is 242 g/mol. The third-order valence-corrected chi connectivity index (χ3v) is 2.37. The first-order valence-corrected chi connectivity index (χ1v) is 5.68. The monoisotopic (exact) mass is 242 g/mol. The largest absolute Gasteiger partial charge is 0.481 e. The molecular weight excluding hydrogens is 228 g/mol. The van der Waals surface area contributed by atoms with Crippen LogP contribution in [0.4, 0.5) is 5.69 Å². The third-order valence-electron chi connectivity index (χ3n) is 2.37. The second-order valence-electron chi connectivity index (χ2n) is 3.80. The summed E-state index contributed by atoms with van der Waals surface area (Å²) in [5.41, 5.74) is 0.707. The van der Waals surface area contributed by atoms with Gasteiger partial charge in [-0.2, -0.15) is 0 Å². The van der Waals surface area contributed by atoms with Gasteiger partial charge in [-0.1, -0.05) is 18.2 Å². The summed E-state index contributed by atoms with van der Waals surface area (Å²) in [7, 11) is 0. The molecular formula is C14H14N2O2. The van der Waals surface area contributed by atoms with E-state index in [9.17, 15) is 4.79 Å². The van der Waals surface area contributed by atoms with Crippen LogP contribution in [-0.2, 0) is 4.79 Å². The highest BCUT2D eigenvalue weighted by atomic mass is 16.5. The predicted octanol–water partition coefficient (Wildman–Crippen LogP) is 2.49. The lowest BCUT2D eigenvalue weighted by atomic mass is 10.3. The second-order valence-corrected chi connectivity index (χ2v) is 3.80. The highest BCUT2D eigenvalue weighted by molar-refractivity contribution is 5.93. The van der Waals surface area contributed by atoms with Crippen LogP contribution in [-0.4, -0.2) is 17.0 Å². The summed E-state index contributed by atoms with van der Waals surface area (Å²) in [4.78, 5) is 15.7. The SMILES string of the molecule is CC(Oc1ccccc1)C(=O)Nc1ccncc1. The molecule has 1 N–H and O–H groups in total. The Morgan fingerprint density at radius 1 is 1.17 bits per heavy atom. The minimum Gasteiger partial charge on any atom is -0.481 e. The highest BCUT2D eigenvalue weighted by Gasteiger charge is 2.14. The van der Waals surface area contributed by atoms with E-state index in [-0.39, 0.29) is 5.91 Å². The van der Waals surface area contributed by atoms with Gasteiger partial charge in [-0.25, -0.2) is 0 Å². The quantitative estimate of drug-likeness (QED) is 0.896. The molecule has 2 rings (SSSR count). The lowest BCUT2D eigenvalue weighted by Crippen LogP contribution is -2.30. The van der Waals surface area contributed by atoms with E-state index in [4.69, 9.17) is 4.74 Å². The minimum atomic E-state index is -0.555. The van der Waals surface area contributed by atoms with Crippen LogP contribution in [0.5, 0.6) is 5.75 Å². The van der Waals surface area contributed by atoms with Crippen molar-refractivity contribution < 1.29 is 9.53 Å². The number of carbonyl (C=O) groups is 1. The molecule has 0 fully saturated rings. The number of rotatable bonds is 4. The molecule has 1 aromatic carbocycles. The zero-order valence-electron chi connectivity index (χ0n) is 10.0. The number of hydrogen-bond acceptors (Lipinski definition) is 3.